The molecule has 2 rings (SSSR count). The maximum Gasteiger partial charge on any atom is 0.140 e. The van der Waals surface area contributed by atoms with Crippen molar-refractivity contribution in [3.8, 4) is 0 Å². The van der Waals surface area contributed by atoms with E-state index < -0.39 is 5.60 Å². The highest BCUT2D eigenvalue weighted by Crippen LogP contribution is 2.33. The van der Waals surface area contributed by atoms with Gasteiger partial charge in [0.1, 0.15) is 11.4 Å². The molecule has 1 aliphatic heterocycles. The van der Waals surface area contributed by atoms with E-state index in [0.717, 1.165) is 31.8 Å². The van der Waals surface area contributed by atoms with Crippen LogP contribution < -0.4 is 0 Å². The Balaban J connectivity index is 2.23. The molecule has 0 aromatic carbocycles. The summed E-state index contributed by atoms with van der Waals surface area (Å²) in [4.78, 5) is 4.31. The summed E-state index contributed by atoms with van der Waals surface area (Å²) >= 11 is 0. The molecule has 1 aliphatic rings. The van der Waals surface area contributed by atoms with Crippen molar-refractivity contribution < 1.29 is 9.84 Å². The number of nitrogens with zero attached hydrogens (tertiary/aromatic N) is 2. The molecule has 4 nitrogen and oxygen atoms in total. The number of aliphatic hydroxyl groups is 1. The Labute approximate surface area is 96.3 Å². The van der Waals surface area contributed by atoms with E-state index in [2.05, 4.69) is 11.9 Å². The summed E-state index contributed by atoms with van der Waals surface area (Å²) in [6.45, 7) is 6.25. The molecule has 0 saturated carbocycles. The van der Waals surface area contributed by atoms with Crippen LogP contribution in [0.15, 0.2) is 12.4 Å². The summed E-state index contributed by atoms with van der Waals surface area (Å²) in [5, 5.41) is 10.6. The van der Waals surface area contributed by atoms with Crippen LogP contribution >= 0.6 is 0 Å². The van der Waals surface area contributed by atoms with Gasteiger partial charge in [-0.15, -0.1) is 0 Å². The molecular weight excluding hydrogens is 204 g/mol. The Hall–Kier alpha value is -0.870. The van der Waals surface area contributed by atoms with Crippen LogP contribution in [0.1, 0.15) is 32.5 Å². The van der Waals surface area contributed by atoms with Crippen molar-refractivity contribution in [2.75, 3.05) is 13.2 Å². The molecule has 1 fully saturated rings. The highest BCUT2D eigenvalue weighted by Gasteiger charge is 2.39. The maximum absolute atomic E-state index is 10.6. The number of ether oxygens (including phenoxy) is 1. The van der Waals surface area contributed by atoms with Crippen LogP contribution in [0.25, 0.3) is 0 Å². The summed E-state index contributed by atoms with van der Waals surface area (Å²) in [5.74, 6) is 0.926. The minimum atomic E-state index is -0.880. The molecule has 0 aliphatic carbocycles. The number of aryl methyl sites for hydroxylation is 1. The van der Waals surface area contributed by atoms with Gasteiger partial charge in [-0.2, -0.15) is 0 Å². The van der Waals surface area contributed by atoms with Gasteiger partial charge in [-0.05, 0) is 19.8 Å². The molecule has 1 N–H and O–H groups in total. The molecule has 0 spiro atoms. The predicted molar refractivity (Wildman–Crippen MR) is 61.0 cm³/mol. The molecule has 0 radical (unpaired) electrons. The molecule has 2 atom stereocenters. The van der Waals surface area contributed by atoms with Crippen molar-refractivity contribution in [3.05, 3.63) is 18.2 Å². The summed E-state index contributed by atoms with van der Waals surface area (Å²) in [5.41, 5.74) is -0.880. The van der Waals surface area contributed by atoms with Crippen molar-refractivity contribution in [1.82, 2.24) is 9.55 Å². The first-order valence-corrected chi connectivity index (χ1v) is 5.98. The first-order chi connectivity index (χ1) is 7.66. The zero-order chi connectivity index (χ0) is 11.6. The van der Waals surface area contributed by atoms with Gasteiger partial charge in [-0.3, -0.25) is 0 Å². The average molecular weight is 224 g/mol. The van der Waals surface area contributed by atoms with E-state index in [9.17, 15) is 5.11 Å². The smallest absolute Gasteiger partial charge is 0.140 e. The Bertz CT molecular complexity index is 341. The number of imidazole rings is 1. The number of aromatic nitrogens is 2. The SMILES string of the molecule is CCCn1ccnc1C(C)(O)C1CCOC1. The Morgan fingerprint density at radius 1 is 1.69 bits per heavy atom. The van der Waals surface area contributed by atoms with Crippen molar-refractivity contribution in [2.45, 2.75) is 38.8 Å². The lowest BCUT2D eigenvalue weighted by Gasteiger charge is -2.29. The van der Waals surface area contributed by atoms with Crippen LogP contribution in [0.3, 0.4) is 0 Å². The third kappa shape index (κ3) is 1.99. The molecule has 0 amide bonds. The molecule has 2 unspecified atom stereocenters. The van der Waals surface area contributed by atoms with Gasteiger partial charge < -0.3 is 14.4 Å². The van der Waals surface area contributed by atoms with Crippen LogP contribution in [0.2, 0.25) is 0 Å². The Morgan fingerprint density at radius 3 is 3.12 bits per heavy atom. The number of hydrogen-bond acceptors (Lipinski definition) is 3. The van der Waals surface area contributed by atoms with Gasteiger partial charge in [0.2, 0.25) is 0 Å². The van der Waals surface area contributed by atoms with E-state index in [1.165, 1.54) is 0 Å². The van der Waals surface area contributed by atoms with Gasteiger partial charge in [0, 0.05) is 31.5 Å². The van der Waals surface area contributed by atoms with Crippen LogP contribution in [0.5, 0.6) is 0 Å². The monoisotopic (exact) mass is 224 g/mol. The number of rotatable bonds is 4. The third-order valence-corrected chi connectivity index (χ3v) is 3.36. The van der Waals surface area contributed by atoms with E-state index in [0.29, 0.717) is 6.61 Å². The molecule has 90 valence electrons. The fourth-order valence-corrected chi connectivity index (χ4v) is 2.33. The topological polar surface area (TPSA) is 47.3 Å². The Kier molecular flexibility index (Phi) is 3.30. The van der Waals surface area contributed by atoms with E-state index in [4.69, 9.17) is 4.74 Å². The first kappa shape index (κ1) is 11.6. The quantitative estimate of drug-likeness (QED) is 0.844. The van der Waals surface area contributed by atoms with Gasteiger partial charge in [0.15, 0.2) is 0 Å². The molecule has 1 saturated heterocycles. The van der Waals surface area contributed by atoms with Crippen molar-refractivity contribution in [3.63, 3.8) is 0 Å². The van der Waals surface area contributed by atoms with E-state index in [-0.39, 0.29) is 5.92 Å². The summed E-state index contributed by atoms with van der Waals surface area (Å²) in [7, 11) is 0. The second-order valence-corrected chi connectivity index (χ2v) is 4.65. The molecule has 1 aromatic rings. The summed E-state index contributed by atoms with van der Waals surface area (Å²) in [6, 6.07) is 0. The van der Waals surface area contributed by atoms with Crippen LogP contribution in [0.4, 0.5) is 0 Å². The third-order valence-electron chi connectivity index (χ3n) is 3.36. The van der Waals surface area contributed by atoms with Crippen molar-refractivity contribution in [1.29, 1.82) is 0 Å². The summed E-state index contributed by atoms with van der Waals surface area (Å²) < 4.78 is 7.38. The minimum Gasteiger partial charge on any atom is -0.382 e. The fourth-order valence-electron chi connectivity index (χ4n) is 2.33. The lowest BCUT2D eigenvalue weighted by molar-refractivity contribution is -0.0204. The molecular formula is C12H20N2O2. The predicted octanol–water partition coefficient (Wildman–Crippen LogP) is 1.54. The number of hydrogen-bond donors (Lipinski definition) is 1. The zero-order valence-corrected chi connectivity index (χ0v) is 10.0. The van der Waals surface area contributed by atoms with E-state index in [1.54, 1.807) is 6.20 Å². The summed E-state index contributed by atoms with van der Waals surface area (Å²) in [6.07, 6.45) is 5.64. The van der Waals surface area contributed by atoms with Crippen LogP contribution in [0, 0.1) is 5.92 Å². The van der Waals surface area contributed by atoms with E-state index >= 15 is 0 Å². The second-order valence-electron chi connectivity index (χ2n) is 4.65. The molecule has 1 aromatic heterocycles. The normalized spacial score (nSPS) is 24.6. The minimum absolute atomic E-state index is 0.158. The molecule has 16 heavy (non-hydrogen) atoms. The maximum atomic E-state index is 10.6. The second kappa shape index (κ2) is 4.55. The van der Waals surface area contributed by atoms with Crippen LogP contribution in [-0.2, 0) is 16.9 Å². The molecule has 2 heterocycles. The zero-order valence-electron chi connectivity index (χ0n) is 10.0. The highest BCUT2D eigenvalue weighted by molar-refractivity contribution is 5.06. The lowest BCUT2D eigenvalue weighted by atomic mass is 9.87. The van der Waals surface area contributed by atoms with E-state index in [1.807, 2.05) is 17.7 Å². The standard InChI is InChI=1S/C12H20N2O2/c1-3-6-14-7-5-13-11(14)12(2,15)10-4-8-16-9-10/h5,7,10,15H,3-4,6,8-9H2,1-2H3. The highest BCUT2D eigenvalue weighted by atomic mass is 16.5. The fraction of sp³-hybridized carbons (Fsp3) is 0.750. The molecule has 4 heteroatoms. The molecule has 0 bridgehead atoms. The van der Waals surface area contributed by atoms with Crippen molar-refractivity contribution >= 4 is 0 Å². The van der Waals surface area contributed by atoms with Gasteiger partial charge in [-0.1, -0.05) is 6.92 Å². The lowest BCUT2D eigenvalue weighted by Crippen LogP contribution is -2.35. The van der Waals surface area contributed by atoms with Crippen molar-refractivity contribution in [2.24, 2.45) is 5.92 Å². The van der Waals surface area contributed by atoms with Gasteiger partial charge >= 0.3 is 0 Å². The Morgan fingerprint density at radius 2 is 2.50 bits per heavy atom. The van der Waals surface area contributed by atoms with Gasteiger partial charge in [0.05, 0.1) is 6.61 Å². The largest absolute Gasteiger partial charge is 0.382 e. The van der Waals surface area contributed by atoms with Gasteiger partial charge in [0.25, 0.3) is 0 Å². The first-order valence-electron chi connectivity index (χ1n) is 5.98. The average Bonchev–Trinajstić information content (AvgIpc) is 2.88. The van der Waals surface area contributed by atoms with Gasteiger partial charge in [-0.25, -0.2) is 4.98 Å². The van der Waals surface area contributed by atoms with Crippen LogP contribution in [-0.4, -0.2) is 27.9 Å².